The van der Waals surface area contributed by atoms with Crippen LogP contribution in [0.25, 0.3) is 0 Å². The average molecular weight is 218 g/mol. The van der Waals surface area contributed by atoms with Crippen LogP contribution in [0.1, 0.15) is 5.69 Å². The molecule has 60 valence electrons. The lowest BCUT2D eigenvalue weighted by Gasteiger charge is -1.98. The number of aryl methyl sites for hydroxylation is 1. The van der Waals surface area contributed by atoms with Crippen LogP contribution in [0.4, 0.5) is 0 Å². The highest BCUT2D eigenvalue weighted by atomic mass is 79.9. The largest absolute Gasteiger partial charge is 0.368 e. The molecule has 0 saturated carbocycles. The number of rotatable bonds is 2. The van der Waals surface area contributed by atoms with E-state index in [4.69, 9.17) is 5.73 Å². The van der Waals surface area contributed by atoms with E-state index in [1.807, 2.05) is 13.0 Å². The Bertz CT molecular complexity index is 281. The van der Waals surface area contributed by atoms with Gasteiger partial charge in [-0.25, -0.2) is 0 Å². The molecular formula is C6H8BrN3O. The molecule has 1 aromatic rings. The highest BCUT2D eigenvalue weighted by molar-refractivity contribution is 9.10. The molecule has 1 rings (SSSR count). The van der Waals surface area contributed by atoms with Crippen molar-refractivity contribution < 1.29 is 4.79 Å². The maximum absolute atomic E-state index is 10.5. The zero-order valence-corrected chi connectivity index (χ0v) is 7.63. The summed E-state index contributed by atoms with van der Waals surface area (Å²) in [7, 11) is 0. The second kappa shape index (κ2) is 3.04. The SMILES string of the molecule is Cc1cc(Br)nn1CC(N)=O. The first kappa shape index (κ1) is 8.26. The molecule has 4 nitrogen and oxygen atoms in total. The van der Waals surface area contributed by atoms with Gasteiger partial charge in [-0.2, -0.15) is 5.10 Å². The first-order valence-electron chi connectivity index (χ1n) is 3.08. The Kier molecular flexibility index (Phi) is 2.28. The topological polar surface area (TPSA) is 60.9 Å². The molecule has 11 heavy (non-hydrogen) atoms. The first-order chi connectivity index (χ1) is 5.09. The van der Waals surface area contributed by atoms with Gasteiger partial charge in [-0.1, -0.05) is 0 Å². The Balaban J connectivity index is 2.85. The summed E-state index contributed by atoms with van der Waals surface area (Å²) in [6, 6.07) is 1.82. The van der Waals surface area contributed by atoms with Crippen molar-refractivity contribution in [3.63, 3.8) is 0 Å². The van der Waals surface area contributed by atoms with Gasteiger partial charge in [0.15, 0.2) is 0 Å². The monoisotopic (exact) mass is 217 g/mol. The van der Waals surface area contributed by atoms with Crippen LogP contribution in [0, 0.1) is 6.92 Å². The highest BCUT2D eigenvalue weighted by Crippen LogP contribution is 2.08. The van der Waals surface area contributed by atoms with Crippen LogP contribution in [0.2, 0.25) is 0 Å². The fraction of sp³-hybridized carbons (Fsp3) is 0.333. The van der Waals surface area contributed by atoms with Gasteiger partial charge in [-0.15, -0.1) is 0 Å². The second-order valence-electron chi connectivity index (χ2n) is 2.23. The van der Waals surface area contributed by atoms with E-state index in [0.29, 0.717) is 0 Å². The predicted octanol–water partition coefficient (Wildman–Crippen LogP) is 0.439. The Morgan fingerprint density at radius 3 is 2.91 bits per heavy atom. The van der Waals surface area contributed by atoms with Gasteiger partial charge in [0, 0.05) is 5.69 Å². The number of carbonyl (C=O) groups is 1. The van der Waals surface area contributed by atoms with E-state index in [9.17, 15) is 4.79 Å². The molecule has 0 aliphatic rings. The Morgan fingerprint density at radius 2 is 2.55 bits per heavy atom. The van der Waals surface area contributed by atoms with Gasteiger partial charge in [-0.3, -0.25) is 9.48 Å². The molecule has 0 unspecified atom stereocenters. The molecule has 0 bridgehead atoms. The fourth-order valence-corrected chi connectivity index (χ4v) is 1.30. The van der Waals surface area contributed by atoms with Crippen molar-refractivity contribution in [1.29, 1.82) is 0 Å². The average Bonchev–Trinajstić information content (AvgIpc) is 2.09. The van der Waals surface area contributed by atoms with Crippen molar-refractivity contribution in [3.8, 4) is 0 Å². The molecule has 0 aliphatic carbocycles. The van der Waals surface area contributed by atoms with Gasteiger partial charge in [0.2, 0.25) is 5.91 Å². The molecule has 0 radical (unpaired) electrons. The second-order valence-corrected chi connectivity index (χ2v) is 3.04. The lowest BCUT2D eigenvalue weighted by atomic mass is 10.5. The fourth-order valence-electron chi connectivity index (χ4n) is 0.778. The van der Waals surface area contributed by atoms with Crippen molar-refractivity contribution in [2.24, 2.45) is 5.73 Å². The van der Waals surface area contributed by atoms with Crippen molar-refractivity contribution >= 4 is 21.8 Å². The van der Waals surface area contributed by atoms with Crippen LogP contribution < -0.4 is 5.73 Å². The smallest absolute Gasteiger partial charge is 0.239 e. The Labute approximate surface area is 72.5 Å². The maximum atomic E-state index is 10.5. The van der Waals surface area contributed by atoms with Gasteiger partial charge in [0.25, 0.3) is 0 Å². The molecular weight excluding hydrogens is 210 g/mol. The number of hydrogen-bond acceptors (Lipinski definition) is 2. The Hall–Kier alpha value is -0.840. The van der Waals surface area contributed by atoms with E-state index in [-0.39, 0.29) is 12.5 Å². The van der Waals surface area contributed by atoms with Gasteiger partial charge in [0.05, 0.1) is 0 Å². The summed E-state index contributed by atoms with van der Waals surface area (Å²) in [5, 5.41) is 3.98. The van der Waals surface area contributed by atoms with Crippen molar-refractivity contribution in [2.75, 3.05) is 0 Å². The van der Waals surface area contributed by atoms with Crippen LogP contribution in [-0.4, -0.2) is 15.7 Å². The van der Waals surface area contributed by atoms with E-state index >= 15 is 0 Å². The summed E-state index contributed by atoms with van der Waals surface area (Å²) in [6.45, 7) is 2.00. The summed E-state index contributed by atoms with van der Waals surface area (Å²) in [4.78, 5) is 10.5. The zero-order valence-electron chi connectivity index (χ0n) is 6.04. The molecule has 0 aromatic carbocycles. The maximum Gasteiger partial charge on any atom is 0.239 e. The lowest BCUT2D eigenvalue weighted by molar-refractivity contribution is -0.118. The summed E-state index contributed by atoms with van der Waals surface area (Å²) in [5.74, 6) is -0.385. The predicted molar refractivity (Wildman–Crippen MR) is 43.9 cm³/mol. The van der Waals surface area contributed by atoms with Crippen LogP contribution in [0.5, 0.6) is 0 Å². The molecule has 0 saturated heterocycles. The van der Waals surface area contributed by atoms with Crippen molar-refractivity contribution in [3.05, 3.63) is 16.4 Å². The molecule has 1 aromatic heterocycles. The Morgan fingerprint density at radius 1 is 1.91 bits per heavy atom. The number of nitrogens with two attached hydrogens (primary N) is 1. The van der Waals surface area contributed by atoms with E-state index < -0.39 is 0 Å². The normalized spacial score (nSPS) is 10.0. The lowest BCUT2D eigenvalue weighted by Crippen LogP contribution is -2.20. The van der Waals surface area contributed by atoms with E-state index in [2.05, 4.69) is 21.0 Å². The van der Waals surface area contributed by atoms with E-state index in [1.54, 1.807) is 4.68 Å². The summed E-state index contributed by atoms with van der Waals surface area (Å²) in [6.07, 6.45) is 0. The molecule has 1 amide bonds. The van der Waals surface area contributed by atoms with Gasteiger partial charge < -0.3 is 5.73 Å². The van der Waals surface area contributed by atoms with E-state index in [0.717, 1.165) is 10.3 Å². The summed E-state index contributed by atoms with van der Waals surface area (Å²) >= 11 is 3.19. The van der Waals surface area contributed by atoms with Gasteiger partial charge >= 0.3 is 0 Å². The zero-order chi connectivity index (χ0) is 8.43. The standard InChI is InChI=1S/C6H8BrN3O/c1-4-2-5(7)9-10(4)3-6(8)11/h2H,3H2,1H3,(H2,8,11). The van der Waals surface area contributed by atoms with Crippen LogP contribution in [0.15, 0.2) is 10.7 Å². The van der Waals surface area contributed by atoms with Crippen molar-refractivity contribution in [1.82, 2.24) is 9.78 Å². The quantitative estimate of drug-likeness (QED) is 0.782. The summed E-state index contributed by atoms with van der Waals surface area (Å²) < 4.78 is 2.27. The number of hydrogen-bond donors (Lipinski definition) is 1. The minimum absolute atomic E-state index is 0.136. The van der Waals surface area contributed by atoms with Crippen molar-refractivity contribution in [2.45, 2.75) is 13.5 Å². The summed E-state index contributed by atoms with van der Waals surface area (Å²) in [5.41, 5.74) is 5.90. The molecule has 0 aliphatic heterocycles. The number of halogens is 1. The number of nitrogens with zero attached hydrogens (tertiary/aromatic N) is 2. The van der Waals surface area contributed by atoms with Gasteiger partial charge in [0.1, 0.15) is 11.1 Å². The van der Waals surface area contributed by atoms with E-state index in [1.165, 1.54) is 0 Å². The first-order valence-corrected chi connectivity index (χ1v) is 3.87. The number of amides is 1. The molecule has 2 N–H and O–H groups in total. The van der Waals surface area contributed by atoms with Crippen LogP contribution >= 0.6 is 15.9 Å². The van der Waals surface area contributed by atoms with Crippen LogP contribution in [-0.2, 0) is 11.3 Å². The third-order valence-corrected chi connectivity index (χ3v) is 1.64. The third kappa shape index (κ3) is 2.04. The molecule has 0 spiro atoms. The van der Waals surface area contributed by atoms with Crippen LogP contribution in [0.3, 0.4) is 0 Å². The third-order valence-electron chi connectivity index (χ3n) is 1.26. The number of aromatic nitrogens is 2. The molecule has 5 heteroatoms. The minimum Gasteiger partial charge on any atom is -0.368 e. The molecule has 0 fully saturated rings. The highest BCUT2D eigenvalue weighted by Gasteiger charge is 2.03. The minimum atomic E-state index is -0.385. The molecule has 0 atom stereocenters. The number of primary amides is 1. The van der Waals surface area contributed by atoms with Gasteiger partial charge in [-0.05, 0) is 28.9 Å². The molecule has 1 heterocycles. The number of carbonyl (C=O) groups excluding carboxylic acids is 1.